The number of urea groups is 1. The predicted molar refractivity (Wildman–Crippen MR) is 114 cm³/mol. The van der Waals surface area contributed by atoms with Gasteiger partial charge in [-0.1, -0.05) is 32.9 Å². The van der Waals surface area contributed by atoms with Crippen molar-refractivity contribution in [2.45, 2.75) is 64.8 Å². The maximum absolute atomic E-state index is 13.1. The number of esters is 1. The average Bonchev–Trinajstić information content (AvgIpc) is 3.22. The normalized spacial score (nSPS) is 26.7. The number of aryl methyl sites for hydroxylation is 2. The van der Waals surface area contributed by atoms with E-state index in [9.17, 15) is 19.2 Å². The van der Waals surface area contributed by atoms with E-state index in [1.807, 2.05) is 12.1 Å². The number of benzene rings is 1. The van der Waals surface area contributed by atoms with Gasteiger partial charge in [-0.2, -0.15) is 0 Å². The number of nitrogens with zero attached hydrogens (tertiary/aromatic N) is 1. The summed E-state index contributed by atoms with van der Waals surface area (Å²) in [5, 5.41) is 2.84. The van der Waals surface area contributed by atoms with Crippen LogP contribution in [0.1, 0.15) is 67.9 Å². The van der Waals surface area contributed by atoms with Crippen LogP contribution in [0.5, 0.6) is 0 Å². The number of ether oxygens (including phenoxy) is 1. The average molecular weight is 427 g/mol. The van der Waals surface area contributed by atoms with Crippen molar-refractivity contribution >= 4 is 23.7 Å². The van der Waals surface area contributed by atoms with Gasteiger partial charge in [0.05, 0.1) is 0 Å². The van der Waals surface area contributed by atoms with Crippen LogP contribution < -0.4 is 5.32 Å². The molecular formula is C24H30N2O5. The second kappa shape index (κ2) is 7.77. The zero-order valence-electron chi connectivity index (χ0n) is 18.5. The lowest BCUT2D eigenvalue weighted by Crippen LogP contribution is -2.54. The summed E-state index contributed by atoms with van der Waals surface area (Å²) in [6, 6.07) is 5.01. The molecule has 3 amide bonds. The minimum absolute atomic E-state index is 0.0839. The molecule has 0 bridgehead atoms. The van der Waals surface area contributed by atoms with E-state index >= 15 is 0 Å². The zero-order valence-corrected chi connectivity index (χ0v) is 18.5. The highest BCUT2D eigenvalue weighted by molar-refractivity contribution is 6.09. The second-order valence-electron chi connectivity index (χ2n) is 10.2. The number of Topliss-reactive ketones (excluding diaryl/α,β-unsaturated/α-hetero) is 1. The first-order chi connectivity index (χ1) is 14.6. The van der Waals surface area contributed by atoms with E-state index in [1.165, 1.54) is 11.1 Å². The molecule has 0 aromatic heterocycles. The van der Waals surface area contributed by atoms with Crippen LogP contribution in [0.15, 0.2) is 18.2 Å². The van der Waals surface area contributed by atoms with Crippen molar-refractivity contribution in [3.63, 3.8) is 0 Å². The molecular weight excluding hydrogens is 396 g/mol. The molecule has 1 spiro atoms. The third-order valence-corrected chi connectivity index (χ3v) is 6.70. The van der Waals surface area contributed by atoms with Gasteiger partial charge in [-0.05, 0) is 67.1 Å². The monoisotopic (exact) mass is 426 g/mol. The molecule has 2 aliphatic carbocycles. The van der Waals surface area contributed by atoms with E-state index in [4.69, 9.17) is 4.74 Å². The van der Waals surface area contributed by atoms with Crippen LogP contribution in [0, 0.1) is 11.3 Å². The summed E-state index contributed by atoms with van der Waals surface area (Å²) in [4.78, 5) is 51.3. The fourth-order valence-electron chi connectivity index (χ4n) is 5.80. The highest BCUT2D eigenvalue weighted by Crippen LogP contribution is 2.46. The maximum atomic E-state index is 13.1. The van der Waals surface area contributed by atoms with Crippen molar-refractivity contribution < 1.29 is 23.9 Å². The Bertz CT molecular complexity index is 953. The molecule has 1 saturated carbocycles. The Morgan fingerprint density at radius 1 is 1.16 bits per heavy atom. The van der Waals surface area contributed by atoms with Crippen molar-refractivity contribution in [2.24, 2.45) is 11.3 Å². The van der Waals surface area contributed by atoms with Gasteiger partial charge in [0.1, 0.15) is 12.1 Å². The minimum atomic E-state index is -0.960. The first kappa shape index (κ1) is 21.5. The molecule has 0 radical (unpaired) electrons. The molecule has 7 nitrogen and oxygen atoms in total. The van der Waals surface area contributed by atoms with E-state index < -0.39 is 30.7 Å². The van der Waals surface area contributed by atoms with Crippen LogP contribution in [0.25, 0.3) is 0 Å². The number of hydrogen-bond acceptors (Lipinski definition) is 5. The zero-order chi connectivity index (χ0) is 22.4. The number of carbonyl (C=O) groups is 4. The molecule has 31 heavy (non-hydrogen) atoms. The van der Waals surface area contributed by atoms with Crippen molar-refractivity contribution in [2.75, 3.05) is 13.2 Å². The second-order valence-corrected chi connectivity index (χ2v) is 10.2. The molecule has 1 aromatic rings. The number of nitrogens with one attached hydrogen (secondary N) is 1. The van der Waals surface area contributed by atoms with Gasteiger partial charge in [-0.25, -0.2) is 4.79 Å². The SMILES string of the molecule is C[C@@H]1CC(C)(C)C[C@]2(C1)NC(=O)N(CC(=O)OCC(=O)c1ccc3c(c1)CCC3)C2=O. The summed E-state index contributed by atoms with van der Waals surface area (Å²) in [5.74, 6) is -1.15. The number of hydrogen-bond donors (Lipinski definition) is 1. The molecule has 7 heteroatoms. The number of rotatable bonds is 5. The van der Waals surface area contributed by atoms with Crippen molar-refractivity contribution in [3.05, 3.63) is 34.9 Å². The fraction of sp³-hybridized carbons (Fsp3) is 0.583. The Morgan fingerprint density at radius 3 is 2.65 bits per heavy atom. The van der Waals surface area contributed by atoms with E-state index in [-0.39, 0.29) is 23.0 Å². The summed E-state index contributed by atoms with van der Waals surface area (Å²) >= 11 is 0. The third-order valence-electron chi connectivity index (χ3n) is 6.70. The van der Waals surface area contributed by atoms with E-state index in [0.29, 0.717) is 18.4 Å². The molecule has 166 valence electrons. The van der Waals surface area contributed by atoms with Crippen LogP contribution in [0.4, 0.5) is 4.79 Å². The van der Waals surface area contributed by atoms with E-state index in [2.05, 4.69) is 26.1 Å². The van der Waals surface area contributed by atoms with Gasteiger partial charge in [0.15, 0.2) is 12.4 Å². The Kier molecular flexibility index (Phi) is 5.40. The van der Waals surface area contributed by atoms with Crippen molar-refractivity contribution in [1.29, 1.82) is 0 Å². The number of carbonyl (C=O) groups excluding carboxylic acids is 4. The predicted octanol–water partition coefficient (Wildman–Crippen LogP) is 3.04. The number of imide groups is 1. The molecule has 1 aromatic carbocycles. The molecule has 1 N–H and O–H groups in total. The van der Waals surface area contributed by atoms with Crippen molar-refractivity contribution in [3.8, 4) is 0 Å². The van der Waals surface area contributed by atoms with E-state index in [0.717, 1.165) is 30.6 Å². The maximum Gasteiger partial charge on any atom is 0.326 e. The summed E-state index contributed by atoms with van der Waals surface area (Å²) in [6.45, 7) is 5.36. The van der Waals surface area contributed by atoms with Gasteiger partial charge in [0.2, 0.25) is 0 Å². The molecule has 2 atom stereocenters. The number of ketones is 1. The van der Waals surface area contributed by atoms with Crippen LogP contribution in [0.3, 0.4) is 0 Å². The Labute approximate surface area is 182 Å². The standard InChI is InChI=1S/C24H30N2O5/c1-15-10-23(2,3)14-24(11-15)21(29)26(22(30)25-24)12-20(28)31-13-19(27)18-8-7-16-5-4-6-17(16)9-18/h7-9,15H,4-6,10-14H2,1-3H3,(H,25,30)/t15-,24+/m1/s1. The summed E-state index contributed by atoms with van der Waals surface area (Å²) < 4.78 is 5.11. The lowest BCUT2D eigenvalue weighted by molar-refractivity contribution is -0.147. The first-order valence-corrected chi connectivity index (χ1v) is 11.0. The van der Waals surface area contributed by atoms with Crippen molar-refractivity contribution in [1.82, 2.24) is 10.2 Å². The number of amides is 3. The lowest BCUT2D eigenvalue weighted by Gasteiger charge is -2.43. The first-order valence-electron chi connectivity index (χ1n) is 11.0. The molecule has 3 aliphatic rings. The third kappa shape index (κ3) is 4.23. The molecule has 4 rings (SSSR count). The summed E-state index contributed by atoms with van der Waals surface area (Å²) in [7, 11) is 0. The van der Waals surface area contributed by atoms with Gasteiger partial charge in [0, 0.05) is 5.56 Å². The molecule has 1 heterocycles. The lowest BCUT2D eigenvalue weighted by atomic mass is 9.64. The van der Waals surface area contributed by atoms with Gasteiger partial charge in [-0.15, -0.1) is 0 Å². The number of fused-ring (bicyclic) bond motifs is 1. The topological polar surface area (TPSA) is 92.8 Å². The highest BCUT2D eigenvalue weighted by Gasteiger charge is 2.56. The quantitative estimate of drug-likeness (QED) is 0.444. The Morgan fingerprint density at radius 2 is 1.90 bits per heavy atom. The smallest absolute Gasteiger partial charge is 0.326 e. The van der Waals surface area contributed by atoms with Crippen LogP contribution >= 0.6 is 0 Å². The molecule has 0 unspecified atom stereocenters. The molecule has 2 fully saturated rings. The summed E-state index contributed by atoms with van der Waals surface area (Å²) in [6.07, 6.45) is 5.15. The summed E-state index contributed by atoms with van der Waals surface area (Å²) in [5.41, 5.74) is 1.91. The van der Waals surface area contributed by atoms with Gasteiger partial charge in [-0.3, -0.25) is 19.3 Å². The fourth-order valence-corrected chi connectivity index (χ4v) is 5.80. The van der Waals surface area contributed by atoms with Gasteiger partial charge >= 0.3 is 12.0 Å². The largest absolute Gasteiger partial charge is 0.456 e. The minimum Gasteiger partial charge on any atom is -0.456 e. The van der Waals surface area contributed by atoms with Gasteiger partial charge in [0.25, 0.3) is 5.91 Å². The highest BCUT2D eigenvalue weighted by atomic mass is 16.5. The van der Waals surface area contributed by atoms with Crippen LogP contribution in [-0.4, -0.2) is 47.3 Å². The Hall–Kier alpha value is -2.70. The van der Waals surface area contributed by atoms with Crippen LogP contribution in [-0.2, 0) is 27.2 Å². The molecule has 1 aliphatic heterocycles. The Balaban J connectivity index is 1.36. The van der Waals surface area contributed by atoms with E-state index in [1.54, 1.807) is 6.07 Å². The molecule has 1 saturated heterocycles. The van der Waals surface area contributed by atoms with Gasteiger partial charge < -0.3 is 10.1 Å². The van der Waals surface area contributed by atoms with Crippen LogP contribution in [0.2, 0.25) is 0 Å².